The number of nitrogens with zero attached hydrogens (tertiary/aromatic N) is 1. The van der Waals surface area contributed by atoms with Crippen LogP contribution in [0.25, 0.3) is 0 Å². The highest BCUT2D eigenvalue weighted by molar-refractivity contribution is 6.39. The second-order valence-corrected chi connectivity index (χ2v) is 5.50. The molecule has 0 aromatic heterocycles. The lowest BCUT2D eigenvalue weighted by Gasteiger charge is -2.20. The summed E-state index contributed by atoms with van der Waals surface area (Å²) in [6, 6.07) is 3.48. The van der Waals surface area contributed by atoms with E-state index in [1.54, 1.807) is 0 Å². The van der Waals surface area contributed by atoms with E-state index in [1.807, 2.05) is 7.05 Å². The summed E-state index contributed by atoms with van der Waals surface area (Å²) in [5.41, 5.74) is 6.33. The van der Waals surface area contributed by atoms with Crippen molar-refractivity contribution in [2.45, 2.75) is 19.9 Å². The first-order valence-electron chi connectivity index (χ1n) is 6.06. The van der Waals surface area contributed by atoms with Gasteiger partial charge in [0.2, 0.25) is 0 Å². The van der Waals surface area contributed by atoms with Crippen molar-refractivity contribution in [2.24, 2.45) is 0 Å². The van der Waals surface area contributed by atoms with Crippen molar-refractivity contribution in [3.8, 4) is 0 Å². The third-order valence-electron chi connectivity index (χ3n) is 2.97. The van der Waals surface area contributed by atoms with Gasteiger partial charge in [-0.3, -0.25) is 4.79 Å². The first-order chi connectivity index (χ1) is 8.82. The number of carbonyl (C=O) groups is 1. The van der Waals surface area contributed by atoms with Gasteiger partial charge in [-0.2, -0.15) is 0 Å². The molecule has 0 radical (unpaired) electrons. The van der Waals surface area contributed by atoms with Crippen LogP contribution in [0.4, 0.5) is 5.69 Å². The maximum Gasteiger partial charge on any atom is 0.251 e. The summed E-state index contributed by atoms with van der Waals surface area (Å²) in [4.78, 5) is 14.1. The molecule has 3 N–H and O–H groups in total. The Morgan fingerprint density at radius 2 is 1.89 bits per heavy atom. The van der Waals surface area contributed by atoms with Crippen LogP contribution in [0.2, 0.25) is 10.0 Å². The number of carbonyl (C=O) groups excluding carboxylic acids is 1. The zero-order chi connectivity index (χ0) is 14.6. The van der Waals surface area contributed by atoms with Gasteiger partial charge in [-0.25, -0.2) is 0 Å². The number of nitrogen functional groups attached to an aromatic ring is 1. The molecule has 0 bridgehead atoms. The van der Waals surface area contributed by atoms with Crippen LogP contribution in [0.5, 0.6) is 0 Å². The van der Waals surface area contributed by atoms with Crippen molar-refractivity contribution < 1.29 is 4.79 Å². The molecule has 0 aliphatic rings. The number of hydrogen-bond donors (Lipinski definition) is 2. The lowest BCUT2D eigenvalue weighted by molar-refractivity contribution is 0.0948. The zero-order valence-corrected chi connectivity index (χ0v) is 12.8. The van der Waals surface area contributed by atoms with Gasteiger partial charge in [-0.15, -0.1) is 0 Å². The van der Waals surface area contributed by atoms with Crippen LogP contribution < -0.4 is 11.1 Å². The summed E-state index contributed by atoms with van der Waals surface area (Å²) in [7, 11) is 2.01. The van der Waals surface area contributed by atoms with E-state index in [4.69, 9.17) is 28.9 Å². The highest BCUT2D eigenvalue weighted by atomic mass is 35.5. The molecule has 19 heavy (non-hydrogen) atoms. The van der Waals surface area contributed by atoms with Crippen LogP contribution in [-0.2, 0) is 0 Å². The van der Waals surface area contributed by atoms with Gasteiger partial charge in [0.05, 0.1) is 15.7 Å². The van der Waals surface area contributed by atoms with E-state index in [0.29, 0.717) is 23.8 Å². The number of nitrogens with two attached hydrogens (primary N) is 1. The lowest BCUT2D eigenvalue weighted by atomic mass is 10.2. The fraction of sp³-hybridized carbons (Fsp3) is 0.462. The Morgan fingerprint density at radius 3 is 2.37 bits per heavy atom. The molecule has 0 unspecified atom stereocenters. The minimum atomic E-state index is -0.207. The minimum absolute atomic E-state index is 0.207. The van der Waals surface area contributed by atoms with E-state index < -0.39 is 0 Å². The van der Waals surface area contributed by atoms with Gasteiger partial charge >= 0.3 is 0 Å². The Balaban J connectivity index is 2.59. The van der Waals surface area contributed by atoms with E-state index in [0.717, 1.165) is 6.54 Å². The van der Waals surface area contributed by atoms with Crippen LogP contribution in [0.3, 0.4) is 0 Å². The second-order valence-electron chi connectivity index (χ2n) is 4.68. The molecule has 0 aliphatic carbocycles. The molecule has 0 fully saturated rings. The van der Waals surface area contributed by atoms with Crippen molar-refractivity contribution in [1.82, 2.24) is 10.2 Å². The van der Waals surface area contributed by atoms with Gasteiger partial charge < -0.3 is 16.0 Å². The van der Waals surface area contributed by atoms with E-state index in [1.165, 1.54) is 12.1 Å². The summed E-state index contributed by atoms with van der Waals surface area (Å²) in [5, 5.41) is 3.40. The van der Waals surface area contributed by atoms with E-state index in [2.05, 4.69) is 24.1 Å². The number of amides is 1. The summed E-state index contributed by atoms with van der Waals surface area (Å²) in [6.45, 7) is 5.54. The Morgan fingerprint density at radius 1 is 1.37 bits per heavy atom. The minimum Gasteiger partial charge on any atom is -0.396 e. The van der Waals surface area contributed by atoms with E-state index in [-0.39, 0.29) is 16.0 Å². The molecule has 106 valence electrons. The zero-order valence-electron chi connectivity index (χ0n) is 11.3. The maximum absolute atomic E-state index is 11.9. The predicted octanol–water partition coefficient (Wildman–Crippen LogP) is 2.65. The van der Waals surface area contributed by atoms with Gasteiger partial charge in [0.25, 0.3) is 5.91 Å². The normalized spacial score (nSPS) is 11.1. The van der Waals surface area contributed by atoms with Gasteiger partial charge in [-0.1, -0.05) is 23.2 Å². The van der Waals surface area contributed by atoms with Gasteiger partial charge in [0.1, 0.15) is 0 Å². The fourth-order valence-corrected chi connectivity index (χ4v) is 1.91. The molecule has 0 saturated heterocycles. The summed E-state index contributed by atoms with van der Waals surface area (Å²) < 4.78 is 0. The van der Waals surface area contributed by atoms with E-state index in [9.17, 15) is 4.79 Å². The Bertz CT molecular complexity index is 440. The fourth-order valence-electron chi connectivity index (χ4n) is 1.42. The van der Waals surface area contributed by atoms with Crippen LogP contribution in [0.15, 0.2) is 12.1 Å². The predicted molar refractivity (Wildman–Crippen MR) is 81.0 cm³/mol. The second kappa shape index (κ2) is 6.98. The third-order valence-corrected chi connectivity index (χ3v) is 3.60. The highest BCUT2D eigenvalue weighted by Gasteiger charge is 2.11. The van der Waals surface area contributed by atoms with Crippen molar-refractivity contribution in [3.05, 3.63) is 27.7 Å². The largest absolute Gasteiger partial charge is 0.396 e. The molecule has 0 saturated carbocycles. The van der Waals surface area contributed by atoms with Crippen LogP contribution in [-0.4, -0.2) is 37.0 Å². The van der Waals surface area contributed by atoms with Gasteiger partial charge in [0, 0.05) is 24.7 Å². The molecule has 0 atom stereocenters. The molecule has 1 amide bonds. The lowest BCUT2D eigenvalue weighted by Crippen LogP contribution is -2.36. The standard InChI is InChI=1S/C13H19Cl2N3O/c1-8(2)18(3)5-4-17-13(19)9-6-10(14)12(16)11(15)7-9/h6-8H,4-5,16H2,1-3H3,(H,17,19). The average molecular weight is 304 g/mol. The molecule has 0 spiro atoms. The highest BCUT2D eigenvalue weighted by Crippen LogP contribution is 2.28. The van der Waals surface area contributed by atoms with Crippen LogP contribution in [0, 0.1) is 0 Å². The number of hydrogen-bond acceptors (Lipinski definition) is 3. The first kappa shape index (κ1) is 16.1. The number of likely N-dealkylation sites (N-methyl/N-ethyl adjacent to an activating group) is 1. The van der Waals surface area contributed by atoms with Crippen molar-refractivity contribution in [1.29, 1.82) is 0 Å². The Labute approximate surface area is 123 Å². The number of anilines is 1. The Kier molecular flexibility index (Phi) is 5.91. The number of halogens is 2. The number of rotatable bonds is 5. The number of benzene rings is 1. The van der Waals surface area contributed by atoms with E-state index >= 15 is 0 Å². The average Bonchev–Trinajstić information content (AvgIpc) is 2.34. The summed E-state index contributed by atoms with van der Waals surface area (Å²) >= 11 is 11.8. The molecule has 0 aliphatic heterocycles. The molecule has 1 rings (SSSR count). The topological polar surface area (TPSA) is 58.4 Å². The maximum atomic E-state index is 11.9. The summed E-state index contributed by atoms with van der Waals surface area (Å²) in [5.74, 6) is -0.207. The smallest absolute Gasteiger partial charge is 0.251 e. The van der Waals surface area contributed by atoms with Gasteiger partial charge in [-0.05, 0) is 33.0 Å². The number of nitrogens with one attached hydrogen (secondary N) is 1. The quantitative estimate of drug-likeness (QED) is 0.822. The van der Waals surface area contributed by atoms with Crippen molar-refractivity contribution in [2.75, 3.05) is 25.9 Å². The third kappa shape index (κ3) is 4.56. The van der Waals surface area contributed by atoms with Crippen LogP contribution in [0.1, 0.15) is 24.2 Å². The molecule has 0 heterocycles. The SMILES string of the molecule is CC(C)N(C)CCNC(=O)c1cc(Cl)c(N)c(Cl)c1. The van der Waals surface area contributed by atoms with Gasteiger partial charge in [0.15, 0.2) is 0 Å². The monoisotopic (exact) mass is 303 g/mol. The summed E-state index contributed by atoms with van der Waals surface area (Å²) in [6.07, 6.45) is 0. The molecule has 1 aromatic carbocycles. The molecule has 1 aromatic rings. The first-order valence-corrected chi connectivity index (χ1v) is 6.81. The van der Waals surface area contributed by atoms with Crippen LogP contribution >= 0.6 is 23.2 Å². The Hall–Kier alpha value is -0.970. The molecular weight excluding hydrogens is 285 g/mol. The molecule has 4 nitrogen and oxygen atoms in total. The molecular formula is C13H19Cl2N3O. The molecule has 6 heteroatoms. The van der Waals surface area contributed by atoms with Crippen molar-refractivity contribution >= 4 is 34.8 Å². The van der Waals surface area contributed by atoms with Crippen molar-refractivity contribution in [3.63, 3.8) is 0 Å².